The number of aryl methyl sites for hydroxylation is 1. The van der Waals surface area contributed by atoms with Crippen LogP contribution < -0.4 is 15.5 Å². The van der Waals surface area contributed by atoms with Gasteiger partial charge in [0.15, 0.2) is 0 Å². The number of nitrogens with one attached hydrogen (secondary N) is 2. The Hall–Kier alpha value is -3.44. The largest absolute Gasteiger partial charge is 0.369 e. The molecule has 150 valence electrons. The molecule has 5 heteroatoms. The van der Waals surface area contributed by atoms with E-state index in [-0.39, 0.29) is 0 Å². The van der Waals surface area contributed by atoms with Gasteiger partial charge in [0, 0.05) is 54.7 Å². The lowest BCUT2D eigenvalue weighted by molar-refractivity contribution is 0.589. The molecule has 0 radical (unpaired) electrons. The first-order chi connectivity index (χ1) is 14.8. The van der Waals surface area contributed by atoms with Crippen molar-refractivity contribution in [3.05, 3.63) is 78.5 Å². The van der Waals surface area contributed by atoms with E-state index in [1.54, 1.807) is 0 Å². The van der Waals surface area contributed by atoms with Gasteiger partial charge in [0.05, 0.1) is 5.52 Å². The summed E-state index contributed by atoms with van der Waals surface area (Å²) in [6.45, 7) is 6.19. The summed E-state index contributed by atoms with van der Waals surface area (Å²) in [5.41, 5.74) is 6.71. The molecule has 1 aliphatic heterocycles. The number of hydrogen-bond donors (Lipinski definition) is 2. The molecule has 4 aromatic rings. The van der Waals surface area contributed by atoms with E-state index < -0.39 is 0 Å². The van der Waals surface area contributed by atoms with Crippen molar-refractivity contribution in [3.63, 3.8) is 0 Å². The minimum Gasteiger partial charge on any atom is -0.369 e. The predicted octanol–water partition coefficient (Wildman–Crippen LogP) is 4.76. The number of hydrogen-bond acceptors (Lipinski definition) is 5. The summed E-state index contributed by atoms with van der Waals surface area (Å²) in [5.74, 6) is 0.611. The summed E-state index contributed by atoms with van der Waals surface area (Å²) >= 11 is 0. The Labute approximate surface area is 176 Å². The molecule has 1 saturated heterocycles. The van der Waals surface area contributed by atoms with Gasteiger partial charge in [-0.25, -0.2) is 9.97 Å². The Morgan fingerprint density at radius 2 is 1.73 bits per heavy atom. The lowest BCUT2D eigenvalue weighted by Crippen LogP contribution is -2.43. The number of rotatable bonds is 4. The van der Waals surface area contributed by atoms with Crippen molar-refractivity contribution in [2.24, 2.45) is 0 Å². The standard InChI is InChI=1S/C25H25N5/c1-18-8-10-19(11-9-18)23-7-2-4-20-17-27-25(29-24(20)23)28-21-5-3-6-22(16-21)30-14-12-26-13-15-30/h2-11,16-17,26H,12-15H2,1H3,(H,27,28,29). The molecule has 1 aromatic heterocycles. The molecule has 0 bridgehead atoms. The quantitative estimate of drug-likeness (QED) is 0.522. The van der Waals surface area contributed by atoms with Crippen molar-refractivity contribution in [2.45, 2.75) is 6.92 Å². The second-order valence-corrected chi connectivity index (χ2v) is 7.72. The highest BCUT2D eigenvalue weighted by molar-refractivity contribution is 5.93. The van der Waals surface area contributed by atoms with Crippen molar-refractivity contribution in [1.82, 2.24) is 15.3 Å². The minimum absolute atomic E-state index is 0.611. The smallest absolute Gasteiger partial charge is 0.227 e. The molecule has 2 heterocycles. The fourth-order valence-electron chi connectivity index (χ4n) is 3.91. The summed E-state index contributed by atoms with van der Waals surface area (Å²) in [7, 11) is 0. The van der Waals surface area contributed by atoms with E-state index in [9.17, 15) is 0 Å². The number of aromatic nitrogens is 2. The maximum Gasteiger partial charge on any atom is 0.227 e. The van der Waals surface area contributed by atoms with Crippen molar-refractivity contribution in [2.75, 3.05) is 36.4 Å². The fourth-order valence-corrected chi connectivity index (χ4v) is 3.91. The lowest BCUT2D eigenvalue weighted by atomic mass is 10.0. The number of piperazine rings is 1. The fraction of sp³-hybridized carbons (Fsp3) is 0.200. The van der Waals surface area contributed by atoms with E-state index in [4.69, 9.17) is 4.98 Å². The number of para-hydroxylation sites is 1. The zero-order valence-corrected chi connectivity index (χ0v) is 17.1. The molecule has 0 spiro atoms. The third kappa shape index (κ3) is 3.84. The van der Waals surface area contributed by atoms with Gasteiger partial charge in [-0.15, -0.1) is 0 Å². The number of benzene rings is 3. The van der Waals surface area contributed by atoms with Crippen LogP contribution >= 0.6 is 0 Å². The van der Waals surface area contributed by atoms with Crippen molar-refractivity contribution >= 4 is 28.2 Å². The van der Waals surface area contributed by atoms with Gasteiger partial charge < -0.3 is 15.5 Å². The third-order valence-corrected chi connectivity index (χ3v) is 5.56. The monoisotopic (exact) mass is 395 g/mol. The van der Waals surface area contributed by atoms with E-state index in [1.165, 1.54) is 11.3 Å². The summed E-state index contributed by atoms with van der Waals surface area (Å²) in [6, 6.07) is 23.3. The van der Waals surface area contributed by atoms with Crippen LogP contribution in [0.3, 0.4) is 0 Å². The molecular formula is C25H25N5. The predicted molar refractivity (Wildman–Crippen MR) is 125 cm³/mol. The maximum atomic E-state index is 4.87. The van der Waals surface area contributed by atoms with E-state index >= 15 is 0 Å². The minimum atomic E-state index is 0.611. The van der Waals surface area contributed by atoms with Crippen LogP contribution in [0.15, 0.2) is 72.9 Å². The summed E-state index contributed by atoms with van der Waals surface area (Å²) in [5, 5.41) is 7.83. The maximum absolute atomic E-state index is 4.87. The van der Waals surface area contributed by atoms with Gasteiger partial charge in [0.25, 0.3) is 0 Å². The van der Waals surface area contributed by atoms with Crippen LogP contribution in [0.1, 0.15) is 5.56 Å². The molecule has 0 unspecified atom stereocenters. The molecule has 0 saturated carbocycles. The summed E-state index contributed by atoms with van der Waals surface area (Å²) in [4.78, 5) is 11.8. The van der Waals surface area contributed by atoms with E-state index in [1.807, 2.05) is 6.20 Å². The van der Waals surface area contributed by atoms with Crippen molar-refractivity contribution < 1.29 is 0 Å². The third-order valence-electron chi connectivity index (χ3n) is 5.56. The van der Waals surface area contributed by atoms with Crippen LogP contribution in [-0.2, 0) is 0 Å². The van der Waals surface area contributed by atoms with E-state index in [0.29, 0.717) is 5.95 Å². The van der Waals surface area contributed by atoms with Crippen LogP contribution in [0.2, 0.25) is 0 Å². The van der Waals surface area contributed by atoms with Crippen LogP contribution in [-0.4, -0.2) is 36.1 Å². The van der Waals surface area contributed by atoms with Crippen molar-refractivity contribution in [1.29, 1.82) is 0 Å². The Balaban J connectivity index is 1.47. The molecule has 5 nitrogen and oxygen atoms in total. The van der Waals surface area contributed by atoms with Gasteiger partial charge in [0.2, 0.25) is 5.95 Å². The first kappa shape index (κ1) is 18.6. The highest BCUT2D eigenvalue weighted by Gasteiger charge is 2.11. The van der Waals surface area contributed by atoms with Gasteiger partial charge in [-0.05, 0) is 30.7 Å². The number of nitrogens with zero attached hydrogens (tertiary/aromatic N) is 3. The SMILES string of the molecule is Cc1ccc(-c2cccc3cnc(Nc4cccc(N5CCNCC5)c4)nc23)cc1. The molecule has 1 fully saturated rings. The van der Waals surface area contributed by atoms with Crippen LogP contribution in [0, 0.1) is 6.92 Å². The van der Waals surface area contributed by atoms with Crippen LogP contribution in [0.4, 0.5) is 17.3 Å². The average molecular weight is 396 g/mol. The van der Waals surface area contributed by atoms with Crippen LogP contribution in [0.25, 0.3) is 22.0 Å². The molecule has 0 atom stereocenters. The van der Waals surface area contributed by atoms with Gasteiger partial charge in [0.1, 0.15) is 0 Å². The zero-order valence-electron chi connectivity index (χ0n) is 17.1. The Morgan fingerprint density at radius 3 is 2.57 bits per heavy atom. The zero-order chi connectivity index (χ0) is 20.3. The van der Waals surface area contributed by atoms with Crippen molar-refractivity contribution in [3.8, 4) is 11.1 Å². The highest BCUT2D eigenvalue weighted by atomic mass is 15.2. The first-order valence-corrected chi connectivity index (χ1v) is 10.4. The van der Waals surface area contributed by atoms with Gasteiger partial charge >= 0.3 is 0 Å². The molecule has 1 aliphatic rings. The molecule has 2 N–H and O–H groups in total. The molecule has 0 amide bonds. The molecule has 5 rings (SSSR count). The molecule has 0 aliphatic carbocycles. The Kier molecular flexibility index (Phi) is 5.03. The Morgan fingerprint density at radius 1 is 0.933 bits per heavy atom. The second-order valence-electron chi connectivity index (χ2n) is 7.72. The topological polar surface area (TPSA) is 53.1 Å². The Bertz CT molecular complexity index is 1160. The molecular weight excluding hydrogens is 370 g/mol. The van der Waals surface area contributed by atoms with Crippen LogP contribution in [0.5, 0.6) is 0 Å². The van der Waals surface area contributed by atoms with Gasteiger partial charge in [-0.2, -0.15) is 0 Å². The first-order valence-electron chi connectivity index (χ1n) is 10.4. The summed E-state index contributed by atoms with van der Waals surface area (Å²) in [6.07, 6.45) is 1.89. The van der Waals surface area contributed by atoms with E-state index in [2.05, 4.69) is 94.2 Å². The van der Waals surface area contributed by atoms with E-state index in [0.717, 1.165) is 53.9 Å². The normalized spacial score (nSPS) is 14.1. The number of fused-ring (bicyclic) bond motifs is 1. The highest BCUT2D eigenvalue weighted by Crippen LogP contribution is 2.29. The van der Waals surface area contributed by atoms with Gasteiger partial charge in [-0.3, -0.25) is 0 Å². The second kappa shape index (κ2) is 8.13. The summed E-state index contributed by atoms with van der Waals surface area (Å²) < 4.78 is 0. The molecule has 30 heavy (non-hydrogen) atoms. The average Bonchev–Trinajstić information content (AvgIpc) is 2.80. The lowest BCUT2D eigenvalue weighted by Gasteiger charge is -2.29. The number of anilines is 3. The molecule has 3 aromatic carbocycles. The van der Waals surface area contributed by atoms with Gasteiger partial charge in [-0.1, -0.05) is 54.1 Å².